The van der Waals surface area contributed by atoms with Gasteiger partial charge in [0, 0.05) is 22.8 Å². The van der Waals surface area contributed by atoms with Crippen molar-refractivity contribution in [3.63, 3.8) is 0 Å². The summed E-state index contributed by atoms with van der Waals surface area (Å²) in [5, 5.41) is 5.24. The third-order valence-corrected chi connectivity index (χ3v) is 6.20. The van der Waals surface area contributed by atoms with Crippen LogP contribution in [0.5, 0.6) is 5.75 Å². The van der Waals surface area contributed by atoms with Crippen LogP contribution in [-0.2, 0) is 0 Å². The van der Waals surface area contributed by atoms with E-state index in [-0.39, 0.29) is 0 Å². The monoisotopic (exact) mass is 444 g/mol. The van der Waals surface area contributed by atoms with E-state index < -0.39 is 0 Å². The highest BCUT2D eigenvalue weighted by molar-refractivity contribution is 5.94. The van der Waals surface area contributed by atoms with Gasteiger partial charge < -0.3 is 4.74 Å². The van der Waals surface area contributed by atoms with Gasteiger partial charge in [0.05, 0.1) is 18.5 Å². The molecule has 0 bridgehead atoms. The Kier molecular flexibility index (Phi) is 5.77. The molecule has 0 saturated heterocycles. The minimum Gasteiger partial charge on any atom is -0.497 e. The molecule has 0 unspecified atom stereocenters. The summed E-state index contributed by atoms with van der Waals surface area (Å²) < 4.78 is 7.60. The zero-order chi connectivity index (χ0) is 23.7. The van der Waals surface area contributed by atoms with Crippen molar-refractivity contribution in [1.29, 1.82) is 0 Å². The second kappa shape index (κ2) is 9.03. The lowest BCUT2D eigenvalue weighted by atomic mass is 9.89. The zero-order valence-corrected chi connectivity index (χ0v) is 20.0. The van der Waals surface area contributed by atoms with Crippen molar-refractivity contribution in [3.8, 4) is 45.1 Å². The summed E-state index contributed by atoms with van der Waals surface area (Å²) in [5.41, 5.74) is 11.4. The molecular formula is C31H28N2O. The number of hydrogen-bond acceptors (Lipinski definition) is 2. The molecule has 0 atom stereocenters. The second-order valence-corrected chi connectivity index (χ2v) is 8.69. The third kappa shape index (κ3) is 3.90. The van der Waals surface area contributed by atoms with E-state index in [0.29, 0.717) is 0 Å². The molecule has 0 radical (unpaired) electrons. The van der Waals surface area contributed by atoms with Gasteiger partial charge in [-0.05, 0) is 49.6 Å². The summed E-state index contributed by atoms with van der Waals surface area (Å²) >= 11 is 0. The average Bonchev–Trinajstić information content (AvgIpc) is 3.25. The van der Waals surface area contributed by atoms with E-state index in [1.807, 2.05) is 24.3 Å². The Morgan fingerprint density at radius 1 is 0.647 bits per heavy atom. The van der Waals surface area contributed by atoms with E-state index in [9.17, 15) is 0 Å². The molecule has 168 valence electrons. The molecule has 3 heteroatoms. The van der Waals surface area contributed by atoms with E-state index in [2.05, 4.69) is 98.2 Å². The number of hydrogen-bond donors (Lipinski definition) is 0. The number of aromatic nitrogens is 2. The Hall–Kier alpha value is -4.11. The third-order valence-electron chi connectivity index (χ3n) is 6.20. The van der Waals surface area contributed by atoms with E-state index in [1.165, 1.54) is 22.3 Å². The van der Waals surface area contributed by atoms with Gasteiger partial charge in [0.25, 0.3) is 0 Å². The van der Waals surface area contributed by atoms with Gasteiger partial charge in [-0.25, -0.2) is 4.68 Å². The molecule has 0 fully saturated rings. The van der Waals surface area contributed by atoms with Crippen LogP contribution >= 0.6 is 0 Å². The van der Waals surface area contributed by atoms with Crippen LogP contribution in [-0.4, -0.2) is 16.9 Å². The Morgan fingerprint density at radius 3 is 1.88 bits per heavy atom. The van der Waals surface area contributed by atoms with Crippen LogP contribution in [0, 0.1) is 20.8 Å². The summed E-state index contributed by atoms with van der Waals surface area (Å²) in [6, 6.07) is 33.6. The number of aryl methyl sites for hydroxylation is 3. The molecule has 0 aliphatic rings. The topological polar surface area (TPSA) is 27.1 Å². The van der Waals surface area contributed by atoms with Gasteiger partial charge in [-0.3, -0.25) is 0 Å². The molecule has 5 rings (SSSR count). The molecule has 0 spiro atoms. The lowest BCUT2D eigenvalue weighted by Crippen LogP contribution is -2.00. The Balaban J connectivity index is 1.93. The normalized spacial score (nSPS) is 10.9. The van der Waals surface area contributed by atoms with Crippen LogP contribution in [0.15, 0.2) is 97.1 Å². The summed E-state index contributed by atoms with van der Waals surface area (Å²) in [4.78, 5) is 0. The van der Waals surface area contributed by atoms with Gasteiger partial charge in [-0.1, -0.05) is 84.4 Å². The lowest BCUT2D eigenvalue weighted by Gasteiger charge is -2.16. The predicted octanol–water partition coefficient (Wildman–Crippen LogP) is 7.81. The summed E-state index contributed by atoms with van der Waals surface area (Å²) in [6.45, 7) is 6.54. The molecule has 1 aromatic heterocycles. The van der Waals surface area contributed by atoms with Crippen LogP contribution in [0.3, 0.4) is 0 Å². The maximum absolute atomic E-state index is 5.54. The van der Waals surface area contributed by atoms with Crippen molar-refractivity contribution in [1.82, 2.24) is 9.78 Å². The van der Waals surface area contributed by atoms with Crippen molar-refractivity contribution in [2.75, 3.05) is 7.11 Å². The van der Waals surface area contributed by atoms with E-state index >= 15 is 0 Å². The standard InChI is InChI=1S/C31H28N2O/c1-21-18-22(2)28(23(3)19-21)29-30(24-12-7-5-8-13-24)32-33(26-16-11-17-27(20-26)34-4)31(29)25-14-9-6-10-15-25/h5-20H,1-4H3. The fraction of sp³-hybridized carbons (Fsp3) is 0.129. The molecule has 4 aromatic carbocycles. The number of ether oxygens (including phenoxy) is 1. The smallest absolute Gasteiger partial charge is 0.121 e. The van der Waals surface area contributed by atoms with E-state index in [0.717, 1.165) is 39.5 Å². The number of benzene rings is 4. The fourth-order valence-corrected chi connectivity index (χ4v) is 4.82. The number of rotatable bonds is 5. The first-order valence-corrected chi connectivity index (χ1v) is 11.5. The Morgan fingerprint density at radius 2 is 1.26 bits per heavy atom. The maximum Gasteiger partial charge on any atom is 0.121 e. The van der Waals surface area contributed by atoms with Gasteiger partial charge in [-0.15, -0.1) is 0 Å². The fourth-order valence-electron chi connectivity index (χ4n) is 4.82. The summed E-state index contributed by atoms with van der Waals surface area (Å²) in [5.74, 6) is 0.803. The van der Waals surface area contributed by atoms with Gasteiger partial charge in [0.1, 0.15) is 11.4 Å². The molecule has 0 N–H and O–H groups in total. The van der Waals surface area contributed by atoms with Crippen molar-refractivity contribution < 1.29 is 4.74 Å². The van der Waals surface area contributed by atoms with Gasteiger partial charge in [0.2, 0.25) is 0 Å². The molecule has 3 nitrogen and oxygen atoms in total. The van der Waals surface area contributed by atoms with E-state index in [1.54, 1.807) is 7.11 Å². The van der Waals surface area contributed by atoms with Crippen LogP contribution in [0.4, 0.5) is 0 Å². The van der Waals surface area contributed by atoms with Crippen molar-refractivity contribution >= 4 is 0 Å². The van der Waals surface area contributed by atoms with E-state index in [4.69, 9.17) is 9.84 Å². The number of nitrogens with zero attached hydrogens (tertiary/aromatic N) is 2. The van der Waals surface area contributed by atoms with Crippen molar-refractivity contribution in [3.05, 3.63) is 114 Å². The van der Waals surface area contributed by atoms with Gasteiger partial charge in [-0.2, -0.15) is 5.10 Å². The Labute approximate surface area is 201 Å². The zero-order valence-electron chi connectivity index (χ0n) is 20.0. The highest BCUT2D eigenvalue weighted by atomic mass is 16.5. The molecule has 0 amide bonds. The molecular weight excluding hydrogens is 416 g/mol. The maximum atomic E-state index is 5.54. The molecule has 0 saturated carbocycles. The van der Waals surface area contributed by atoms with Crippen molar-refractivity contribution in [2.24, 2.45) is 0 Å². The quantitative estimate of drug-likeness (QED) is 0.276. The molecule has 5 aromatic rings. The van der Waals surface area contributed by atoms with Gasteiger partial charge >= 0.3 is 0 Å². The molecule has 0 aliphatic heterocycles. The van der Waals surface area contributed by atoms with Gasteiger partial charge in [0.15, 0.2) is 0 Å². The minimum absolute atomic E-state index is 0.803. The minimum atomic E-state index is 0.803. The van der Waals surface area contributed by atoms with Crippen LogP contribution in [0.25, 0.3) is 39.3 Å². The Bertz CT molecular complexity index is 1430. The first kappa shape index (κ1) is 21.7. The number of methoxy groups -OCH3 is 1. The van der Waals surface area contributed by atoms with Crippen LogP contribution in [0.2, 0.25) is 0 Å². The largest absolute Gasteiger partial charge is 0.497 e. The summed E-state index contributed by atoms with van der Waals surface area (Å²) in [7, 11) is 1.69. The van der Waals surface area contributed by atoms with Crippen LogP contribution < -0.4 is 4.74 Å². The summed E-state index contributed by atoms with van der Waals surface area (Å²) in [6.07, 6.45) is 0. The molecule has 1 heterocycles. The average molecular weight is 445 g/mol. The SMILES string of the molecule is COc1cccc(-n2nc(-c3ccccc3)c(-c3c(C)cc(C)cc3C)c2-c2ccccc2)c1. The lowest BCUT2D eigenvalue weighted by molar-refractivity contribution is 0.414. The first-order chi connectivity index (χ1) is 16.6. The van der Waals surface area contributed by atoms with Crippen LogP contribution in [0.1, 0.15) is 16.7 Å². The van der Waals surface area contributed by atoms with Crippen molar-refractivity contribution in [2.45, 2.75) is 20.8 Å². The first-order valence-electron chi connectivity index (χ1n) is 11.5. The predicted molar refractivity (Wildman–Crippen MR) is 141 cm³/mol. The molecule has 0 aliphatic carbocycles. The second-order valence-electron chi connectivity index (χ2n) is 8.69. The molecule has 34 heavy (non-hydrogen) atoms. The highest BCUT2D eigenvalue weighted by Gasteiger charge is 2.25. The highest BCUT2D eigenvalue weighted by Crippen LogP contribution is 2.44.